The summed E-state index contributed by atoms with van der Waals surface area (Å²) in [4.78, 5) is 12.7. The number of amides is 1. The van der Waals surface area contributed by atoms with Gasteiger partial charge in [-0.2, -0.15) is 0 Å². The van der Waals surface area contributed by atoms with Gasteiger partial charge in [0.2, 0.25) is 15.9 Å². The highest BCUT2D eigenvalue weighted by molar-refractivity contribution is 7.89. The van der Waals surface area contributed by atoms with Crippen LogP contribution in [0.25, 0.3) is 0 Å². The third kappa shape index (κ3) is 5.67. The first-order valence-corrected chi connectivity index (χ1v) is 10.2. The van der Waals surface area contributed by atoms with Crippen molar-refractivity contribution < 1.29 is 13.2 Å². The number of halogens is 1. The number of aryl methyl sites for hydroxylation is 1. The summed E-state index contributed by atoms with van der Waals surface area (Å²) in [5.41, 5.74) is 5.85. The molecular formula is C18H30ClN3O3S. The highest BCUT2D eigenvalue weighted by Gasteiger charge is 2.35. The van der Waals surface area contributed by atoms with Gasteiger partial charge in [0.15, 0.2) is 0 Å². The smallest absolute Gasteiger partial charge is 0.244 e. The van der Waals surface area contributed by atoms with Crippen LogP contribution in [0.5, 0.6) is 0 Å². The minimum absolute atomic E-state index is 0. The van der Waals surface area contributed by atoms with Gasteiger partial charge >= 0.3 is 0 Å². The highest BCUT2D eigenvalue weighted by Crippen LogP contribution is 2.28. The second-order valence-electron chi connectivity index (χ2n) is 8.01. The molecule has 0 bridgehead atoms. The second-order valence-corrected chi connectivity index (χ2v) is 9.66. The zero-order chi connectivity index (χ0) is 18.9. The van der Waals surface area contributed by atoms with E-state index in [1.165, 1.54) is 6.07 Å². The van der Waals surface area contributed by atoms with Crippen LogP contribution in [0.1, 0.15) is 58.4 Å². The summed E-state index contributed by atoms with van der Waals surface area (Å²) in [5.74, 6) is -0.247. The van der Waals surface area contributed by atoms with E-state index in [0.717, 1.165) is 19.3 Å². The normalized spacial score (nSPS) is 17.3. The first-order chi connectivity index (χ1) is 11.4. The van der Waals surface area contributed by atoms with Crippen molar-refractivity contribution in [2.75, 3.05) is 5.32 Å². The van der Waals surface area contributed by atoms with E-state index in [-0.39, 0.29) is 23.2 Å². The van der Waals surface area contributed by atoms with E-state index in [2.05, 4.69) is 10.0 Å². The Hall–Kier alpha value is -1.15. The molecule has 1 aromatic rings. The highest BCUT2D eigenvalue weighted by atomic mass is 35.5. The fourth-order valence-corrected chi connectivity index (χ4v) is 4.78. The molecule has 4 N–H and O–H groups in total. The summed E-state index contributed by atoms with van der Waals surface area (Å²) in [6.07, 6.45) is 4.28. The van der Waals surface area contributed by atoms with Gasteiger partial charge in [0, 0.05) is 11.2 Å². The molecule has 0 radical (unpaired) electrons. The summed E-state index contributed by atoms with van der Waals surface area (Å²) in [5, 5.41) is 2.80. The molecule has 0 aromatic heterocycles. The number of rotatable bonds is 4. The van der Waals surface area contributed by atoms with Crippen molar-refractivity contribution in [3.63, 3.8) is 0 Å². The molecule has 2 rings (SSSR count). The van der Waals surface area contributed by atoms with Gasteiger partial charge in [0.1, 0.15) is 0 Å². The third-order valence-corrected chi connectivity index (χ3v) is 6.27. The van der Waals surface area contributed by atoms with Crippen molar-refractivity contribution in [1.29, 1.82) is 0 Å². The summed E-state index contributed by atoms with van der Waals surface area (Å²) in [7, 11) is -3.68. The Kier molecular flexibility index (Phi) is 7.26. The molecule has 8 heteroatoms. The quantitative estimate of drug-likeness (QED) is 0.718. The topological polar surface area (TPSA) is 101 Å². The average molecular weight is 404 g/mol. The molecule has 0 spiro atoms. The average Bonchev–Trinajstić information content (AvgIpc) is 2.47. The van der Waals surface area contributed by atoms with Gasteiger partial charge in [-0.1, -0.05) is 25.3 Å². The van der Waals surface area contributed by atoms with Crippen LogP contribution in [0.2, 0.25) is 0 Å². The van der Waals surface area contributed by atoms with E-state index in [9.17, 15) is 13.2 Å². The molecule has 26 heavy (non-hydrogen) atoms. The molecule has 0 saturated heterocycles. The maximum Gasteiger partial charge on any atom is 0.244 e. The minimum atomic E-state index is -3.68. The van der Waals surface area contributed by atoms with Crippen LogP contribution < -0.4 is 15.8 Å². The number of carbonyl (C=O) groups excluding carboxylic acids is 1. The van der Waals surface area contributed by atoms with Crippen molar-refractivity contribution in [1.82, 2.24) is 4.72 Å². The molecule has 6 nitrogen and oxygen atoms in total. The molecule has 1 aliphatic carbocycles. The van der Waals surface area contributed by atoms with Crippen LogP contribution in [-0.4, -0.2) is 25.4 Å². The molecule has 1 fully saturated rings. The van der Waals surface area contributed by atoms with Crippen molar-refractivity contribution in [3.8, 4) is 0 Å². The lowest BCUT2D eigenvalue weighted by Gasteiger charge is -2.31. The number of sulfonamides is 1. The van der Waals surface area contributed by atoms with Crippen LogP contribution >= 0.6 is 12.4 Å². The van der Waals surface area contributed by atoms with Gasteiger partial charge in [0.25, 0.3) is 0 Å². The van der Waals surface area contributed by atoms with Crippen molar-refractivity contribution in [2.45, 2.75) is 75.8 Å². The summed E-state index contributed by atoms with van der Waals surface area (Å²) in [6, 6.07) is 4.89. The van der Waals surface area contributed by atoms with E-state index in [1.807, 2.05) is 0 Å². The molecule has 0 aliphatic heterocycles. The summed E-state index contributed by atoms with van der Waals surface area (Å²) in [6.45, 7) is 7.08. The molecule has 1 aromatic carbocycles. The van der Waals surface area contributed by atoms with Crippen molar-refractivity contribution >= 4 is 34.0 Å². The number of benzene rings is 1. The van der Waals surface area contributed by atoms with Crippen LogP contribution in [0.3, 0.4) is 0 Å². The Morgan fingerprint density at radius 2 is 1.73 bits per heavy atom. The lowest BCUT2D eigenvalue weighted by molar-refractivity contribution is -0.122. The largest absolute Gasteiger partial charge is 0.324 e. The number of nitrogens with two attached hydrogens (primary N) is 1. The lowest BCUT2D eigenvalue weighted by Crippen LogP contribution is -2.52. The number of carbonyl (C=O) groups is 1. The van der Waals surface area contributed by atoms with Gasteiger partial charge in [-0.05, 0) is 58.2 Å². The first-order valence-electron chi connectivity index (χ1n) is 8.68. The number of nitrogens with one attached hydrogen (secondary N) is 2. The van der Waals surface area contributed by atoms with Crippen LogP contribution in [-0.2, 0) is 14.8 Å². The fraction of sp³-hybridized carbons (Fsp3) is 0.611. The molecule has 148 valence electrons. The molecule has 0 unspecified atom stereocenters. The number of anilines is 1. The Bertz CT molecular complexity index is 751. The third-order valence-electron chi connectivity index (χ3n) is 4.37. The molecule has 0 atom stereocenters. The zero-order valence-corrected chi connectivity index (χ0v) is 17.5. The lowest BCUT2D eigenvalue weighted by atomic mass is 9.82. The molecule has 1 amide bonds. The van der Waals surface area contributed by atoms with Crippen LogP contribution in [0.15, 0.2) is 23.1 Å². The Morgan fingerprint density at radius 1 is 1.15 bits per heavy atom. The Morgan fingerprint density at radius 3 is 2.27 bits per heavy atom. The van der Waals surface area contributed by atoms with Gasteiger partial charge in [-0.3, -0.25) is 4.79 Å². The van der Waals surface area contributed by atoms with Gasteiger partial charge < -0.3 is 11.1 Å². The molecular weight excluding hydrogens is 374 g/mol. The minimum Gasteiger partial charge on any atom is -0.324 e. The predicted molar refractivity (Wildman–Crippen MR) is 107 cm³/mol. The Balaban J connectivity index is 0.00000338. The maximum atomic E-state index is 12.6. The van der Waals surface area contributed by atoms with Crippen molar-refractivity contribution in [3.05, 3.63) is 23.8 Å². The predicted octanol–water partition coefficient (Wildman–Crippen LogP) is 3.09. The number of hydrogen-bond donors (Lipinski definition) is 3. The van der Waals surface area contributed by atoms with Crippen molar-refractivity contribution in [2.24, 2.45) is 5.73 Å². The van der Waals surface area contributed by atoms with E-state index in [4.69, 9.17) is 5.73 Å². The maximum absolute atomic E-state index is 12.6. The second kappa shape index (κ2) is 8.25. The zero-order valence-electron chi connectivity index (χ0n) is 15.9. The fourth-order valence-electron chi connectivity index (χ4n) is 3.09. The number of hydrogen-bond acceptors (Lipinski definition) is 4. The van der Waals surface area contributed by atoms with Gasteiger partial charge in [-0.25, -0.2) is 13.1 Å². The molecule has 0 heterocycles. The van der Waals surface area contributed by atoms with E-state index < -0.39 is 21.1 Å². The SMILES string of the molecule is Cc1ccc(NC(=O)C2(N)CCCCC2)cc1S(=O)(=O)NC(C)(C)C.Cl. The van der Waals surface area contributed by atoms with E-state index in [1.54, 1.807) is 39.8 Å². The monoisotopic (exact) mass is 403 g/mol. The van der Waals surface area contributed by atoms with Gasteiger partial charge in [0.05, 0.1) is 10.4 Å². The van der Waals surface area contributed by atoms with Crippen LogP contribution in [0, 0.1) is 6.92 Å². The van der Waals surface area contributed by atoms with E-state index in [0.29, 0.717) is 24.1 Å². The summed E-state index contributed by atoms with van der Waals surface area (Å²) < 4.78 is 27.9. The van der Waals surface area contributed by atoms with E-state index >= 15 is 0 Å². The summed E-state index contributed by atoms with van der Waals surface area (Å²) >= 11 is 0. The standard InChI is InChI=1S/C18H29N3O3S.ClH/c1-13-8-9-14(12-15(13)25(23,24)21-17(2,3)4)20-16(22)18(19)10-6-5-7-11-18;/h8-9,12,21H,5-7,10-11,19H2,1-4H3,(H,20,22);1H. The first kappa shape index (κ1) is 22.9. The molecule has 1 aliphatic rings. The molecule has 1 saturated carbocycles. The van der Waals surface area contributed by atoms with Crippen LogP contribution in [0.4, 0.5) is 5.69 Å². The van der Waals surface area contributed by atoms with Gasteiger partial charge in [-0.15, -0.1) is 12.4 Å². The Labute approximate surface area is 162 Å².